The molecule has 4 heteroatoms. The fourth-order valence-electron chi connectivity index (χ4n) is 3.29. The highest BCUT2D eigenvalue weighted by Gasteiger charge is 2.34. The number of phenols is 2. The number of hydrogen-bond acceptors (Lipinski definition) is 4. The molecule has 2 N–H and O–H groups in total. The summed E-state index contributed by atoms with van der Waals surface area (Å²) in [6.45, 7) is 0. The van der Waals surface area contributed by atoms with E-state index in [0.29, 0.717) is 17.7 Å². The summed E-state index contributed by atoms with van der Waals surface area (Å²) in [4.78, 5) is 5.45. The molecule has 1 aliphatic carbocycles. The summed E-state index contributed by atoms with van der Waals surface area (Å²) in [5.41, 5.74) is 3.31. The van der Waals surface area contributed by atoms with Crippen molar-refractivity contribution in [2.45, 2.75) is 18.9 Å². The second kappa shape index (κ2) is 6.48. The molecular formula is C21H19NO3. The van der Waals surface area contributed by atoms with E-state index >= 15 is 0 Å². The molecule has 0 aromatic heterocycles. The van der Waals surface area contributed by atoms with Crippen molar-refractivity contribution in [1.29, 1.82) is 0 Å². The third-order valence-corrected chi connectivity index (χ3v) is 4.67. The second-order valence-corrected chi connectivity index (χ2v) is 6.33. The van der Waals surface area contributed by atoms with Gasteiger partial charge in [-0.15, -0.1) is 0 Å². The first-order valence-corrected chi connectivity index (χ1v) is 8.40. The lowest BCUT2D eigenvalue weighted by Crippen LogP contribution is -2.21. The fraction of sp³-hybridized carbons (Fsp3) is 0.190. The summed E-state index contributed by atoms with van der Waals surface area (Å²) in [5.74, 6) is 0.113. The smallest absolute Gasteiger partial charge is 0.157 e. The zero-order chi connectivity index (χ0) is 17.2. The number of hydrogen-bond donors (Lipinski definition) is 2. The number of aryl methyl sites for hydroxylation is 2. The summed E-state index contributed by atoms with van der Waals surface area (Å²) in [7, 11) is 0. The molecule has 2 unspecified atom stereocenters. The van der Waals surface area contributed by atoms with Gasteiger partial charge in [0, 0.05) is 11.6 Å². The minimum Gasteiger partial charge on any atom is -0.508 e. The quantitative estimate of drug-likeness (QED) is 0.896. The summed E-state index contributed by atoms with van der Waals surface area (Å²) in [6.07, 6.45) is 9.24. The van der Waals surface area contributed by atoms with Gasteiger partial charge in [0.05, 0.1) is 5.92 Å². The molecule has 4 nitrogen and oxygen atoms in total. The van der Waals surface area contributed by atoms with Crippen LogP contribution in [0, 0.1) is 5.92 Å². The van der Waals surface area contributed by atoms with Gasteiger partial charge >= 0.3 is 0 Å². The average Bonchev–Trinajstić information content (AvgIpc) is 3.06. The Morgan fingerprint density at radius 2 is 1.72 bits per heavy atom. The van der Waals surface area contributed by atoms with Crippen LogP contribution in [0.1, 0.15) is 16.7 Å². The molecule has 0 bridgehead atoms. The van der Waals surface area contributed by atoms with E-state index in [4.69, 9.17) is 4.84 Å². The zero-order valence-corrected chi connectivity index (χ0v) is 13.7. The first-order valence-electron chi connectivity index (χ1n) is 8.40. The van der Waals surface area contributed by atoms with Gasteiger partial charge in [-0.1, -0.05) is 53.7 Å². The molecule has 1 heterocycles. The van der Waals surface area contributed by atoms with Gasteiger partial charge < -0.3 is 15.1 Å². The van der Waals surface area contributed by atoms with E-state index in [2.05, 4.69) is 17.3 Å². The molecular weight excluding hydrogens is 314 g/mol. The summed E-state index contributed by atoms with van der Waals surface area (Å²) in [5, 5.41) is 24.7. The van der Waals surface area contributed by atoms with E-state index in [0.717, 1.165) is 12.0 Å². The number of allylic oxidation sites excluding steroid dienone is 2. The second-order valence-electron chi connectivity index (χ2n) is 6.33. The summed E-state index contributed by atoms with van der Waals surface area (Å²) in [6, 6.07) is 13.4. The summed E-state index contributed by atoms with van der Waals surface area (Å²) < 4.78 is 0. The maximum Gasteiger partial charge on any atom is 0.157 e. The van der Waals surface area contributed by atoms with Crippen LogP contribution in [0.4, 0.5) is 0 Å². The molecule has 2 aromatic carbocycles. The largest absolute Gasteiger partial charge is 0.508 e. The number of rotatable bonds is 4. The molecule has 0 amide bonds. The maximum atomic E-state index is 10.3. The third-order valence-electron chi connectivity index (χ3n) is 4.67. The molecule has 0 fully saturated rings. The van der Waals surface area contributed by atoms with Crippen LogP contribution in [0.25, 0.3) is 0 Å². The van der Waals surface area contributed by atoms with Crippen LogP contribution in [0.3, 0.4) is 0 Å². The van der Waals surface area contributed by atoms with Crippen molar-refractivity contribution in [3.8, 4) is 11.5 Å². The summed E-state index contributed by atoms with van der Waals surface area (Å²) >= 11 is 0. The number of oxime groups is 1. The molecule has 0 saturated carbocycles. The van der Waals surface area contributed by atoms with Gasteiger partial charge in [-0.25, -0.2) is 0 Å². The van der Waals surface area contributed by atoms with E-state index in [1.807, 2.05) is 48.6 Å². The van der Waals surface area contributed by atoms with Crippen LogP contribution < -0.4 is 0 Å². The molecule has 2 aliphatic rings. The Labute approximate surface area is 146 Å². The highest BCUT2D eigenvalue weighted by molar-refractivity contribution is 6.06. The van der Waals surface area contributed by atoms with E-state index in [9.17, 15) is 10.2 Å². The minimum absolute atomic E-state index is 0.0117. The van der Waals surface area contributed by atoms with Crippen molar-refractivity contribution in [2.24, 2.45) is 11.1 Å². The normalized spacial score (nSPS) is 20.9. The van der Waals surface area contributed by atoms with Crippen LogP contribution in [-0.4, -0.2) is 22.0 Å². The molecule has 4 rings (SSSR count). The first kappa shape index (κ1) is 15.5. The Balaban J connectivity index is 1.61. The Bertz CT molecular complexity index is 868. The van der Waals surface area contributed by atoms with Crippen LogP contribution >= 0.6 is 0 Å². The van der Waals surface area contributed by atoms with Gasteiger partial charge in [0.1, 0.15) is 17.2 Å². The Kier molecular flexibility index (Phi) is 4.02. The Hall–Kier alpha value is -3.01. The standard InChI is InChI=1S/C21H19NO3/c23-18-13-19(24)17(21-16-8-4-5-9-20(16)25-22-21)12-15(18)11-10-14-6-2-1-3-7-14/h1-9,12-13,16,20,23-24H,10-11H2. The van der Waals surface area contributed by atoms with Gasteiger partial charge in [0.2, 0.25) is 0 Å². The van der Waals surface area contributed by atoms with Gasteiger partial charge in [0.25, 0.3) is 0 Å². The predicted molar refractivity (Wildman–Crippen MR) is 96.8 cm³/mol. The van der Waals surface area contributed by atoms with E-state index in [-0.39, 0.29) is 23.5 Å². The zero-order valence-electron chi connectivity index (χ0n) is 13.7. The SMILES string of the molecule is Oc1cc(O)c(C2=NOC3C=CC=CC23)cc1CCc1ccccc1. The lowest BCUT2D eigenvalue weighted by Gasteiger charge is -2.16. The fourth-order valence-corrected chi connectivity index (χ4v) is 3.29. The van der Waals surface area contributed by atoms with Gasteiger partial charge in [-0.2, -0.15) is 0 Å². The van der Waals surface area contributed by atoms with E-state index < -0.39 is 0 Å². The topological polar surface area (TPSA) is 62.0 Å². The molecule has 0 saturated heterocycles. The maximum absolute atomic E-state index is 10.3. The van der Waals surface area contributed by atoms with E-state index in [1.165, 1.54) is 11.6 Å². The van der Waals surface area contributed by atoms with Gasteiger partial charge in [0.15, 0.2) is 6.10 Å². The molecule has 25 heavy (non-hydrogen) atoms. The van der Waals surface area contributed by atoms with Gasteiger partial charge in [-0.05, 0) is 36.1 Å². The molecule has 2 atom stereocenters. The third kappa shape index (κ3) is 3.03. The lowest BCUT2D eigenvalue weighted by atomic mass is 9.88. The molecule has 2 aromatic rings. The van der Waals surface area contributed by atoms with Gasteiger partial charge in [-0.3, -0.25) is 0 Å². The van der Waals surface area contributed by atoms with Crippen molar-refractivity contribution < 1.29 is 15.1 Å². The monoisotopic (exact) mass is 333 g/mol. The van der Waals surface area contributed by atoms with Crippen molar-refractivity contribution in [2.75, 3.05) is 0 Å². The predicted octanol–water partition coefficient (Wildman–Crippen LogP) is 3.73. The molecule has 0 spiro atoms. The Morgan fingerprint density at radius 1 is 0.920 bits per heavy atom. The van der Waals surface area contributed by atoms with Crippen molar-refractivity contribution in [3.63, 3.8) is 0 Å². The number of nitrogens with zero attached hydrogens (tertiary/aromatic N) is 1. The lowest BCUT2D eigenvalue weighted by molar-refractivity contribution is 0.105. The highest BCUT2D eigenvalue weighted by atomic mass is 16.6. The molecule has 1 aliphatic heterocycles. The number of phenolic OH excluding ortho intramolecular Hbond substituents is 2. The number of benzene rings is 2. The van der Waals surface area contributed by atoms with Crippen LogP contribution in [0.5, 0.6) is 11.5 Å². The first-order chi connectivity index (χ1) is 12.2. The average molecular weight is 333 g/mol. The van der Waals surface area contributed by atoms with Crippen molar-refractivity contribution in [3.05, 3.63) is 83.5 Å². The number of aromatic hydroxyl groups is 2. The van der Waals surface area contributed by atoms with Crippen LogP contribution in [-0.2, 0) is 17.7 Å². The van der Waals surface area contributed by atoms with Crippen LogP contribution in [0.2, 0.25) is 0 Å². The number of fused-ring (bicyclic) bond motifs is 1. The van der Waals surface area contributed by atoms with Crippen molar-refractivity contribution >= 4 is 5.71 Å². The van der Waals surface area contributed by atoms with Crippen molar-refractivity contribution in [1.82, 2.24) is 0 Å². The molecule has 0 radical (unpaired) electrons. The van der Waals surface area contributed by atoms with Crippen LogP contribution in [0.15, 0.2) is 71.9 Å². The Morgan fingerprint density at radius 3 is 2.56 bits per heavy atom. The molecule has 126 valence electrons. The highest BCUT2D eigenvalue weighted by Crippen LogP contribution is 2.35. The van der Waals surface area contributed by atoms with E-state index in [1.54, 1.807) is 0 Å². The minimum atomic E-state index is -0.124.